The van der Waals surface area contributed by atoms with E-state index >= 15 is 0 Å². The predicted octanol–water partition coefficient (Wildman–Crippen LogP) is 4.70. The van der Waals surface area contributed by atoms with Gasteiger partial charge < -0.3 is 5.32 Å². The maximum absolute atomic E-state index is 12.2. The number of anilines is 2. The average molecular weight is 379 g/mol. The number of carbonyl (C=O) groups is 2. The molecule has 0 fully saturated rings. The number of rotatable bonds is 6. The Hall–Kier alpha value is -2.99. The lowest BCUT2D eigenvalue weighted by molar-refractivity contribution is -0.115. The van der Waals surface area contributed by atoms with Gasteiger partial charge in [0, 0.05) is 16.6 Å². The second-order valence-corrected chi connectivity index (χ2v) is 7.32. The number of benzene rings is 2. The Morgan fingerprint density at radius 3 is 2.37 bits per heavy atom. The summed E-state index contributed by atoms with van der Waals surface area (Å²) in [7, 11) is 0. The van der Waals surface area contributed by atoms with Gasteiger partial charge in [0.25, 0.3) is 5.91 Å². The molecule has 2 amide bonds. The molecule has 1 heterocycles. The third-order valence-corrected chi connectivity index (χ3v) is 4.82. The maximum Gasteiger partial charge on any atom is 0.257 e. The van der Waals surface area contributed by atoms with Crippen LogP contribution in [-0.2, 0) is 11.2 Å². The number of nitrogens with one attached hydrogen (secondary N) is 2. The number of nitrogens with zero attached hydrogens (tertiary/aromatic N) is 1. The van der Waals surface area contributed by atoms with Crippen molar-refractivity contribution in [2.24, 2.45) is 0 Å². The minimum atomic E-state index is -0.216. The van der Waals surface area contributed by atoms with Crippen LogP contribution in [-0.4, -0.2) is 16.8 Å². The first-order valence-corrected chi connectivity index (χ1v) is 9.60. The molecule has 138 valence electrons. The zero-order chi connectivity index (χ0) is 19.2. The minimum Gasteiger partial charge on any atom is -0.326 e. The van der Waals surface area contributed by atoms with E-state index < -0.39 is 0 Å². The molecule has 0 radical (unpaired) electrons. The number of amides is 2. The van der Waals surface area contributed by atoms with Crippen LogP contribution in [0.2, 0.25) is 0 Å². The number of carbonyl (C=O) groups excluding carboxylic acids is 2. The Kier molecular flexibility index (Phi) is 5.98. The molecule has 0 unspecified atom stereocenters. The lowest BCUT2D eigenvalue weighted by atomic mass is 10.0. The summed E-state index contributed by atoms with van der Waals surface area (Å²) < 4.78 is 0. The van der Waals surface area contributed by atoms with Crippen molar-refractivity contribution < 1.29 is 9.59 Å². The first-order valence-electron chi connectivity index (χ1n) is 8.72. The van der Waals surface area contributed by atoms with Crippen molar-refractivity contribution >= 4 is 34.0 Å². The number of hydrogen-bond donors (Lipinski definition) is 2. The van der Waals surface area contributed by atoms with E-state index in [4.69, 9.17) is 0 Å². The summed E-state index contributed by atoms with van der Waals surface area (Å²) in [4.78, 5) is 28.7. The summed E-state index contributed by atoms with van der Waals surface area (Å²) in [5.41, 5.74) is 3.18. The van der Waals surface area contributed by atoms with Crippen molar-refractivity contribution in [3.05, 3.63) is 76.8 Å². The summed E-state index contributed by atoms with van der Waals surface area (Å²) in [6.07, 6.45) is 0.156. The van der Waals surface area contributed by atoms with Crippen molar-refractivity contribution in [1.82, 2.24) is 4.98 Å². The summed E-state index contributed by atoms with van der Waals surface area (Å²) in [6.45, 7) is 4.26. The van der Waals surface area contributed by atoms with E-state index in [2.05, 4.69) is 29.5 Å². The van der Waals surface area contributed by atoms with Crippen LogP contribution in [0.5, 0.6) is 0 Å². The van der Waals surface area contributed by atoms with E-state index in [0.29, 0.717) is 22.3 Å². The van der Waals surface area contributed by atoms with Crippen LogP contribution in [0, 0.1) is 0 Å². The van der Waals surface area contributed by atoms with Gasteiger partial charge in [-0.3, -0.25) is 14.9 Å². The molecule has 0 saturated heterocycles. The van der Waals surface area contributed by atoms with Gasteiger partial charge in [0.1, 0.15) is 0 Å². The predicted molar refractivity (Wildman–Crippen MR) is 109 cm³/mol. The normalized spacial score (nSPS) is 10.6. The molecule has 2 aromatic carbocycles. The highest BCUT2D eigenvalue weighted by molar-refractivity contribution is 7.14. The maximum atomic E-state index is 12.2. The second kappa shape index (κ2) is 8.60. The molecule has 0 aliphatic rings. The third kappa shape index (κ3) is 5.24. The smallest absolute Gasteiger partial charge is 0.257 e. The number of hydrogen-bond acceptors (Lipinski definition) is 4. The quantitative estimate of drug-likeness (QED) is 0.652. The first-order chi connectivity index (χ1) is 13.0. The highest BCUT2D eigenvalue weighted by Crippen LogP contribution is 2.19. The molecular formula is C21H21N3O2S. The van der Waals surface area contributed by atoms with Crippen LogP contribution in [0.25, 0.3) is 0 Å². The fourth-order valence-electron chi connectivity index (χ4n) is 2.53. The molecule has 3 rings (SSSR count). The Bertz CT molecular complexity index is 918. The number of aromatic nitrogens is 1. The van der Waals surface area contributed by atoms with Crippen molar-refractivity contribution in [1.29, 1.82) is 0 Å². The summed E-state index contributed by atoms with van der Waals surface area (Å²) in [5, 5.41) is 7.89. The van der Waals surface area contributed by atoms with Gasteiger partial charge in [-0.05, 0) is 35.7 Å². The van der Waals surface area contributed by atoms with Crippen LogP contribution in [0.15, 0.2) is 60.0 Å². The topological polar surface area (TPSA) is 71.1 Å². The molecule has 27 heavy (non-hydrogen) atoms. The summed E-state index contributed by atoms with van der Waals surface area (Å²) in [5.74, 6) is 0.0963. The molecule has 0 aliphatic carbocycles. The zero-order valence-electron chi connectivity index (χ0n) is 15.2. The van der Waals surface area contributed by atoms with E-state index in [9.17, 15) is 9.59 Å². The Balaban J connectivity index is 1.55. The van der Waals surface area contributed by atoms with Gasteiger partial charge in [-0.2, -0.15) is 0 Å². The Labute approximate surface area is 162 Å². The SMILES string of the molecule is CC(C)c1ccc(NC(=O)Cc2csc(NC(=O)c3ccccc3)n2)cc1. The van der Waals surface area contributed by atoms with Crippen LogP contribution in [0.3, 0.4) is 0 Å². The standard InChI is InChI=1S/C21H21N3O2S/c1-14(2)15-8-10-17(11-9-15)22-19(25)12-18-13-27-21(23-18)24-20(26)16-6-4-3-5-7-16/h3-11,13-14H,12H2,1-2H3,(H,22,25)(H,23,24,26). The first kappa shape index (κ1) is 18.8. The third-order valence-electron chi connectivity index (χ3n) is 4.01. The van der Waals surface area contributed by atoms with Crippen LogP contribution >= 0.6 is 11.3 Å². The molecule has 0 aliphatic heterocycles. The van der Waals surface area contributed by atoms with Crippen LogP contribution in [0.1, 0.15) is 41.4 Å². The van der Waals surface area contributed by atoms with E-state index in [-0.39, 0.29) is 18.2 Å². The lowest BCUT2D eigenvalue weighted by Crippen LogP contribution is -2.15. The van der Waals surface area contributed by atoms with Gasteiger partial charge in [0.2, 0.25) is 5.91 Å². The molecule has 5 nitrogen and oxygen atoms in total. The van der Waals surface area contributed by atoms with Crippen molar-refractivity contribution in [3.8, 4) is 0 Å². The molecule has 0 bridgehead atoms. The van der Waals surface area contributed by atoms with Gasteiger partial charge in [-0.1, -0.05) is 44.2 Å². The molecule has 3 aromatic rings. The van der Waals surface area contributed by atoms with E-state index in [1.165, 1.54) is 16.9 Å². The Morgan fingerprint density at radius 1 is 1.00 bits per heavy atom. The average Bonchev–Trinajstić information content (AvgIpc) is 3.09. The fraction of sp³-hybridized carbons (Fsp3) is 0.190. The summed E-state index contributed by atoms with van der Waals surface area (Å²) >= 11 is 1.30. The van der Waals surface area contributed by atoms with Crippen LogP contribution in [0.4, 0.5) is 10.8 Å². The van der Waals surface area contributed by atoms with Crippen LogP contribution < -0.4 is 10.6 Å². The summed E-state index contributed by atoms with van der Waals surface area (Å²) in [6, 6.07) is 16.8. The van der Waals surface area contributed by atoms with Gasteiger partial charge >= 0.3 is 0 Å². The number of thiazole rings is 1. The highest BCUT2D eigenvalue weighted by atomic mass is 32.1. The van der Waals surface area contributed by atoms with Crippen molar-refractivity contribution in [3.63, 3.8) is 0 Å². The monoisotopic (exact) mass is 379 g/mol. The molecule has 1 aromatic heterocycles. The van der Waals surface area contributed by atoms with Gasteiger partial charge in [-0.25, -0.2) is 4.98 Å². The minimum absolute atomic E-state index is 0.140. The van der Waals surface area contributed by atoms with E-state index in [1.54, 1.807) is 29.6 Å². The highest BCUT2D eigenvalue weighted by Gasteiger charge is 2.11. The van der Waals surface area contributed by atoms with Gasteiger partial charge in [-0.15, -0.1) is 11.3 Å². The molecule has 2 N–H and O–H groups in total. The van der Waals surface area contributed by atoms with Crippen molar-refractivity contribution in [2.45, 2.75) is 26.2 Å². The second-order valence-electron chi connectivity index (χ2n) is 6.47. The Morgan fingerprint density at radius 2 is 1.70 bits per heavy atom. The fourth-order valence-corrected chi connectivity index (χ4v) is 3.23. The van der Waals surface area contributed by atoms with Gasteiger partial charge in [0.15, 0.2) is 5.13 Å². The molecular weight excluding hydrogens is 358 g/mol. The molecule has 0 saturated carbocycles. The molecule has 0 atom stereocenters. The zero-order valence-corrected chi connectivity index (χ0v) is 16.0. The van der Waals surface area contributed by atoms with Gasteiger partial charge in [0.05, 0.1) is 12.1 Å². The largest absolute Gasteiger partial charge is 0.326 e. The van der Waals surface area contributed by atoms with E-state index in [0.717, 1.165) is 5.69 Å². The molecule has 6 heteroatoms. The molecule has 0 spiro atoms. The lowest BCUT2D eigenvalue weighted by Gasteiger charge is -2.08. The van der Waals surface area contributed by atoms with Crippen molar-refractivity contribution in [2.75, 3.05) is 10.6 Å². The van der Waals surface area contributed by atoms with E-state index in [1.807, 2.05) is 30.3 Å².